The first-order valence-corrected chi connectivity index (χ1v) is 7.02. The summed E-state index contributed by atoms with van der Waals surface area (Å²) in [5.74, 6) is -0.507. The maximum Gasteiger partial charge on any atom is 0.156 e. The average Bonchev–Trinajstić information content (AvgIpc) is 2.23. The van der Waals surface area contributed by atoms with Crippen LogP contribution in [0.4, 0.5) is 4.39 Å². The summed E-state index contributed by atoms with van der Waals surface area (Å²) >= 11 is 0. The molecule has 0 amide bonds. The van der Waals surface area contributed by atoms with Crippen LogP contribution in [0.25, 0.3) is 0 Å². The van der Waals surface area contributed by atoms with Crippen LogP contribution >= 0.6 is 0 Å². The molecular weight excluding hydrogens is 245 g/mol. The van der Waals surface area contributed by atoms with Crippen molar-refractivity contribution in [2.45, 2.75) is 18.6 Å². The van der Waals surface area contributed by atoms with Gasteiger partial charge in [-0.05, 0) is 18.6 Å². The van der Waals surface area contributed by atoms with Crippen LogP contribution in [0.5, 0.6) is 0 Å². The number of rotatable bonds is 4. The summed E-state index contributed by atoms with van der Waals surface area (Å²) in [6, 6.07) is 5.32. The van der Waals surface area contributed by atoms with E-state index in [-0.39, 0.29) is 17.7 Å². The molecule has 1 atom stereocenters. The molecule has 0 aliphatic heterocycles. The smallest absolute Gasteiger partial charge is 0.156 e. The molecular formula is C11H14FNO3S. The first-order valence-electron chi connectivity index (χ1n) is 5.07. The van der Waals surface area contributed by atoms with E-state index in [4.69, 9.17) is 5.21 Å². The summed E-state index contributed by atoms with van der Waals surface area (Å²) in [6.07, 6.45) is 1.32. The molecule has 6 heteroatoms. The molecule has 0 saturated heterocycles. The lowest BCUT2D eigenvalue weighted by Gasteiger charge is -2.14. The molecule has 0 saturated carbocycles. The van der Waals surface area contributed by atoms with Gasteiger partial charge in [-0.25, -0.2) is 12.8 Å². The van der Waals surface area contributed by atoms with E-state index in [1.807, 2.05) is 0 Å². The second kappa shape index (κ2) is 5.27. The highest BCUT2D eigenvalue weighted by Crippen LogP contribution is 2.15. The molecule has 0 bridgehead atoms. The van der Waals surface area contributed by atoms with Gasteiger partial charge in [-0.3, -0.25) is 0 Å². The Hall–Kier alpha value is -1.43. The quantitative estimate of drug-likeness (QED) is 0.509. The van der Waals surface area contributed by atoms with Gasteiger partial charge in [-0.15, -0.1) is 0 Å². The van der Waals surface area contributed by atoms with Gasteiger partial charge in [-0.1, -0.05) is 24.2 Å². The van der Waals surface area contributed by atoms with E-state index in [0.29, 0.717) is 0 Å². The Balaban J connectivity index is 3.25. The molecule has 1 unspecified atom stereocenters. The summed E-state index contributed by atoms with van der Waals surface area (Å²) in [5.41, 5.74) is 0.235. The second-order valence-corrected chi connectivity index (χ2v) is 5.95. The number of oxime groups is 1. The van der Waals surface area contributed by atoms with Gasteiger partial charge in [0.25, 0.3) is 0 Å². The predicted molar refractivity (Wildman–Crippen MR) is 63.6 cm³/mol. The molecule has 0 fully saturated rings. The number of hydrogen-bond acceptors (Lipinski definition) is 4. The van der Waals surface area contributed by atoms with Gasteiger partial charge < -0.3 is 5.21 Å². The van der Waals surface area contributed by atoms with E-state index in [0.717, 1.165) is 12.3 Å². The van der Waals surface area contributed by atoms with Crippen molar-refractivity contribution in [3.63, 3.8) is 0 Å². The van der Waals surface area contributed by atoms with E-state index >= 15 is 0 Å². The van der Waals surface area contributed by atoms with Crippen molar-refractivity contribution in [1.29, 1.82) is 0 Å². The molecule has 17 heavy (non-hydrogen) atoms. The molecule has 94 valence electrons. The lowest BCUT2D eigenvalue weighted by molar-refractivity contribution is 0.318. The molecule has 0 heterocycles. The average molecular weight is 259 g/mol. The Morgan fingerprint density at radius 1 is 1.53 bits per heavy atom. The van der Waals surface area contributed by atoms with Gasteiger partial charge in [0.15, 0.2) is 9.84 Å². The van der Waals surface area contributed by atoms with Crippen LogP contribution in [0, 0.1) is 5.82 Å². The molecule has 0 aliphatic carbocycles. The van der Waals surface area contributed by atoms with Gasteiger partial charge in [0, 0.05) is 11.8 Å². The fraction of sp³-hybridized carbons (Fsp3) is 0.364. The zero-order valence-corrected chi connectivity index (χ0v) is 10.4. The molecule has 0 aromatic heterocycles. The van der Waals surface area contributed by atoms with Crippen molar-refractivity contribution < 1.29 is 18.0 Å². The third kappa shape index (κ3) is 3.26. The van der Waals surface area contributed by atoms with E-state index in [9.17, 15) is 12.8 Å². The monoisotopic (exact) mass is 259 g/mol. The second-order valence-electron chi connectivity index (χ2n) is 3.72. The summed E-state index contributed by atoms with van der Waals surface area (Å²) in [4.78, 5) is 0. The van der Waals surface area contributed by atoms with Crippen molar-refractivity contribution in [3.8, 4) is 0 Å². The summed E-state index contributed by atoms with van der Waals surface area (Å²) in [5, 5.41) is 11.0. The van der Waals surface area contributed by atoms with Gasteiger partial charge >= 0.3 is 0 Å². The maximum absolute atomic E-state index is 13.0. The summed E-state index contributed by atoms with van der Waals surface area (Å²) in [6.45, 7) is 1.66. The lowest BCUT2D eigenvalue weighted by atomic mass is 10.1. The number of nitrogens with zero attached hydrogens (tertiary/aromatic N) is 1. The molecule has 0 radical (unpaired) electrons. The number of hydrogen-bond donors (Lipinski definition) is 1. The van der Waals surface area contributed by atoms with E-state index in [2.05, 4.69) is 5.16 Å². The zero-order valence-electron chi connectivity index (χ0n) is 9.59. The van der Waals surface area contributed by atoms with Gasteiger partial charge in [0.1, 0.15) is 16.8 Å². The summed E-state index contributed by atoms with van der Waals surface area (Å²) < 4.78 is 36.1. The van der Waals surface area contributed by atoms with E-state index in [1.54, 1.807) is 6.92 Å². The maximum atomic E-state index is 13.0. The fourth-order valence-corrected chi connectivity index (χ4v) is 2.85. The van der Waals surface area contributed by atoms with E-state index in [1.165, 1.54) is 18.2 Å². The number of halogens is 1. The summed E-state index contributed by atoms with van der Waals surface area (Å²) in [7, 11) is -3.40. The van der Waals surface area contributed by atoms with Crippen LogP contribution in [-0.4, -0.2) is 30.8 Å². The number of benzene rings is 1. The van der Waals surface area contributed by atoms with Crippen LogP contribution in [0.15, 0.2) is 29.4 Å². The van der Waals surface area contributed by atoms with Crippen LogP contribution in [0.3, 0.4) is 0 Å². The SMILES string of the molecule is CCC(C(=NO)c1cccc(F)c1)S(C)(=O)=O. The van der Waals surface area contributed by atoms with Crippen molar-refractivity contribution in [1.82, 2.24) is 0 Å². The van der Waals surface area contributed by atoms with E-state index < -0.39 is 20.9 Å². The minimum absolute atomic E-state index is 0.0329. The zero-order chi connectivity index (χ0) is 13.1. The van der Waals surface area contributed by atoms with Crippen molar-refractivity contribution in [2.24, 2.45) is 5.16 Å². The predicted octanol–water partition coefficient (Wildman–Crippen LogP) is 1.83. The van der Waals surface area contributed by atoms with Crippen molar-refractivity contribution >= 4 is 15.5 Å². The third-order valence-corrected chi connectivity index (χ3v) is 4.01. The third-order valence-electron chi connectivity index (χ3n) is 2.42. The number of sulfone groups is 1. The van der Waals surface area contributed by atoms with Gasteiger partial charge in [0.05, 0.1) is 0 Å². The van der Waals surface area contributed by atoms with Crippen LogP contribution in [-0.2, 0) is 9.84 Å². The molecule has 1 aromatic carbocycles. The highest BCUT2D eigenvalue weighted by atomic mass is 32.2. The Bertz CT molecular complexity index is 525. The molecule has 1 rings (SSSR count). The van der Waals surface area contributed by atoms with Crippen molar-refractivity contribution in [3.05, 3.63) is 35.6 Å². The normalized spacial score (nSPS) is 14.6. The van der Waals surface area contributed by atoms with Gasteiger partial charge in [0.2, 0.25) is 0 Å². The van der Waals surface area contributed by atoms with Crippen molar-refractivity contribution in [2.75, 3.05) is 6.26 Å². The Kier molecular flexibility index (Phi) is 4.22. The minimum Gasteiger partial charge on any atom is -0.411 e. The molecule has 1 N–H and O–H groups in total. The first-order chi connectivity index (χ1) is 7.90. The van der Waals surface area contributed by atoms with Crippen LogP contribution in [0.1, 0.15) is 18.9 Å². The lowest BCUT2D eigenvalue weighted by Crippen LogP contribution is -2.29. The highest BCUT2D eigenvalue weighted by molar-refractivity contribution is 7.92. The molecule has 0 spiro atoms. The Labute approximate surface area is 99.7 Å². The highest BCUT2D eigenvalue weighted by Gasteiger charge is 2.26. The molecule has 0 aliphatic rings. The molecule has 4 nitrogen and oxygen atoms in total. The van der Waals surface area contributed by atoms with Gasteiger partial charge in [-0.2, -0.15) is 0 Å². The van der Waals surface area contributed by atoms with Crippen LogP contribution < -0.4 is 0 Å². The largest absolute Gasteiger partial charge is 0.411 e. The fourth-order valence-electron chi connectivity index (χ4n) is 1.65. The topological polar surface area (TPSA) is 66.7 Å². The Morgan fingerprint density at radius 2 is 2.18 bits per heavy atom. The van der Waals surface area contributed by atoms with Crippen LogP contribution in [0.2, 0.25) is 0 Å². The Morgan fingerprint density at radius 3 is 2.59 bits per heavy atom. The molecule has 1 aromatic rings. The minimum atomic E-state index is -3.40. The first kappa shape index (κ1) is 13.6. The standard InChI is InChI=1S/C11H14FNO3S/c1-3-10(17(2,15)16)11(13-14)8-5-4-6-9(12)7-8/h4-7,10,14H,3H2,1-2H3.